The van der Waals surface area contributed by atoms with Crippen LogP contribution >= 0.6 is 11.3 Å². The SMILES string of the molecule is CC(C)[C@@H](N)C(=O)Nc1sccc1C#N. The maximum atomic E-state index is 11.6. The predicted octanol–water partition coefficient (Wildman–Crippen LogP) is 1.54. The Morgan fingerprint density at radius 1 is 1.67 bits per heavy atom. The summed E-state index contributed by atoms with van der Waals surface area (Å²) in [5, 5.41) is 13.7. The summed E-state index contributed by atoms with van der Waals surface area (Å²) in [6.07, 6.45) is 0. The predicted molar refractivity (Wildman–Crippen MR) is 60.5 cm³/mol. The largest absolute Gasteiger partial charge is 0.320 e. The molecule has 0 radical (unpaired) electrons. The molecule has 0 spiro atoms. The standard InChI is InChI=1S/C10H13N3OS/c1-6(2)8(12)9(14)13-10-7(5-11)3-4-15-10/h3-4,6,8H,12H2,1-2H3,(H,13,14)/t8-/m1/s1. The smallest absolute Gasteiger partial charge is 0.242 e. The monoisotopic (exact) mass is 223 g/mol. The highest BCUT2D eigenvalue weighted by Gasteiger charge is 2.18. The molecule has 0 fully saturated rings. The van der Waals surface area contributed by atoms with Crippen molar-refractivity contribution in [3.63, 3.8) is 0 Å². The first kappa shape index (κ1) is 11.7. The molecule has 0 saturated heterocycles. The second-order valence-corrected chi connectivity index (χ2v) is 4.45. The number of nitrogens with one attached hydrogen (secondary N) is 1. The maximum Gasteiger partial charge on any atom is 0.242 e. The van der Waals surface area contributed by atoms with Gasteiger partial charge in [-0.1, -0.05) is 13.8 Å². The fourth-order valence-electron chi connectivity index (χ4n) is 0.992. The van der Waals surface area contributed by atoms with Crippen LogP contribution in [-0.4, -0.2) is 11.9 Å². The lowest BCUT2D eigenvalue weighted by molar-refractivity contribution is -0.118. The first-order chi connectivity index (χ1) is 7.06. The van der Waals surface area contributed by atoms with Gasteiger partial charge in [0.25, 0.3) is 0 Å². The summed E-state index contributed by atoms with van der Waals surface area (Å²) in [6, 6.07) is 3.13. The van der Waals surface area contributed by atoms with Crippen LogP contribution in [0.5, 0.6) is 0 Å². The van der Waals surface area contributed by atoms with Gasteiger partial charge in [-0.25, -0.2) is 0 Å². The molecule has 1 rings (SSSR count). The van der Waals surface area contributed by atoms with Crippen molar-refractivity contribution < 1.29 is 4.79 Å². The molecule has 3 N–H and O–H groups in total. The van der Waals surface area contributed by atoms with Crippen LogP contribution in [0.25, 0.3) is 0 Å². The van der Waals surface area contributed by atoms with Crippen molar-refractivity contribution in [2.75, 3.05) is 5.32 Å². The lowest BCUT2D eigenvalue weighted by Gasteiger charge is -2.14. The van der Waals surface area contributed by atoms with Crippen LogP contribution in [0.1, 0.15) is 19.4 Å². The molecule has 1 amide bonds. The van der Waals surface area contributed by atoms with E-state index in [2.05, 4.69) is 5.32 Å². The van der Waals surface area contributed by atoms with Crippen LogP contribution in [0.3, 0.4) is 0 Å². The molecule has 80 valence electrons. The van der Waals surface area contributed by atoms with Crippen LogP contribution in [0.4, 0.5) is 5.00 Å². The molecule has 4 nitrogen and oxygen atoms in total. The number of hydrogen-bond donors (Lipinski definition) is 2. The molecular weight excluding hydrogens is 210 g/mol. The minimum absolute atomic E-state index is 0.0792. The number of carbonyl (C=O) groups is 1. The summed E-state index contributed by atoms with van der Waals surface area (Å²) in [4.78, 5) is 11.6. The van der Waals surface area contributed by atoms with Crippen LogP contribution in [0.15, 0.2) is 11.4 Å². The number of rotatable bonds is 3. The third-order valence-electron chi connectivity index (χ3n) is 2.04. The second-order valence-electron chi connectivity index (χ2n) is 3.53. The van der Waals surface area contributed by atoms with Crippen LogP contribution in [-0.2, 0) is 4.79 Å². The molecule has 1 aromatic heterocycles. The van der Waals surface area contributed by atoms with Gasteiger partial charge >= 0.3 is 0 Å². The Balaban J connectivity index is 2.71. The quantitative estimate of drug-likeness (QED) is 0.815. The topological polar surface area (TPSA) is 78.9 Å². The maximum absolute atomic E-state index is 11.6. The minimum Gasteiger partial charge on any atom is -0.320 e. The number of thiophene rings is 1. The van der Waals surface area contributed by atoms with Crippen LogP contribution < -0.4 is 11.1 Å². The molecular formula is C10H13N3OS. The van der Waals surface area contributed by atoms with Gasteiger partial charge in [0, 0.05) is 0 Å². The van der Waals surface area contributed by atoms with E-state index in [0.717, 1.165) is 0 Å². The van der Waals surface area contributed by atoms with E-state index in [9.17, 15) is 4.79 Å². The molecule has 0 aliphatic rings. The number of anilines is 1. The zero-order valence-electron chi connectivity index (χ0n) is 8.65. The highest BCUT2D eigenvalue weighted by molar-refractivity contribution is 7.14. The second kappa shape index (κ2) is 4.91. The van der Waals surface area contributed by atoms with Gasteiger partial charge in [0.2, 0.25) is 5.91 Å². The highest BCUT2D eigenvalue weighted by atomic mass is 32.1. The Kier molecular flexibility index (Phi) is 3.83. The minimum atomic E-state index is -0.543. The van der Waals surface area contributed by atoms with Crippen molar-refractivity contribution in [2.24, 2.45) is 11.7 Å². The van der Waals surface area contributed by atoms with Crippen molar-refractivity contribution >= 4 is 22.2 Å². The summed E-state index contributed by atoms with van der Waals surface area (Å²) in [5.41, 5.74) is 6.15. The van der Waals surface area contributed by atoms with Gasteiger partial charge in [-0.2, -0.15) is 5.26 Å². The Morgan fingerprint density at radius 2 is 2.33 bits per heavy atom. The highest BCUT2D eigenvalue weighted by Crippen LogP contribution is 2.22. The molecule has 1 atom stereocenters. The average molecular weight is 223 g/mol. The fraction of sp³-hybridized carbons (Fsp3) is 0.400. The van der Waals surface area contributed by atoms with E-state index in [1.807, 2.05) is 19.9 Å². The third kappa shape index (κ3) is 2.78. The van der Waals surface area contributed by atoms with Gasteiger partial charge in [0.15, 0.2) is 0 Å². The molecule has 0 aliphatic heterocycles. The van der Waals surface area contributed by atoms with E-state index in [1.54, 1.807) is 11.4 Å². The number of nitrogens with zero attached hydrogens (tertiary/aromatic N) is 1. The normalized spacial score (nSPS) is 12.2. The molecule has 0 saturated carbocycles. The summed E-state index contributed by atoms with van der Waals surface area (Å²) < 4.78 is 0. The number of nitriles is 1. The lowest BCUT2D eigenvalue weighted by Crippen LogP contribution is -2.39. The number of amides is 1. The van der Waals surface area contributed by atoms with Gasteiger partial charge in [0.1, 0.15) is 11.1 Å². The molecule has 0 unspecified atom stereocenters. The molecule has 5 heteroatoms. The van der Waals surface area contributed by atoms with Gasteiger partial charge in [-0.15, -0.1) is 11.3 Å². The first-order valence-corrected chi connectivity index (χ1v) is 5.48. The van der Waals surface area contributed by atoms with Gasteiger partial charge in [0.05, 0.1) is 11.6 Å². The van der Waals surface area contributed by atoms with Crippen LogP contribution in [0, 0.1) is 17.2 Å². The summed E-state index contributed by atoms with van der Waals surface area (Å²) in [5.74, 6) is -0.167. The molecule has 1 heterocycles. The number of hydrogen-bond acceptors (Lipinski definition) is 4. The Hall–Kier alpha value is -1.38. The summed E-state index contributed by atoms with van der Waals surface area (Å²) in [7, 11) is 0. The zero-order valence-corrected chi connectivity index (χ0v) is 9.47. The van der Waals surface area contributed by atoms with Crippen molar-refractivity contribution in [3.05, 3.63) is 17.0 Å². The Morgan fingerprint density at radius 3 is 2.87 bits per heavy atom. The molecule has 0 bridgehead atoms. The summed E-state index contributed by atoms with van der Waals surface area (Å²) in [6.45, 7) is 3.76. The van der Waals surface area contributed by atoms with E-state index in [4.69, 9.17) is 11.0 Å². The molecule has 15 heavy (non-hydrogen) atoms. The van der Waals surface area contributed by atoms with Crippen molar-refractivity contribution in [3.8, 4) is 6.07 Å². The van der Waals surface area contributed by atoms with E-state index in [1.165, 1.54) is 11.3 Å². The van der Waals surface area contributed by atoms with Gasteiger partial charge < -0.3 is 11.1 Å². The molecule has 1 aromatic rings. The first-order valence-electron chi connectivity index (χ1n) is 4.60. The van der Waals surface area contributed by atoms with E-state index < -0.39 is 6.04 Å². The van der Waals surface area contributed by atoms with Crippen LogP contribution in [0.2, 0.25) is 0 Å². The Bertz CT molecular complexity index is 392. The zero-order chi connectivity index (χ0) is 11.4. The number of carbonyl (C=O) groups excluding carboxylic acids is 1. The molecule has 0 aromatic carbocycles. The van der Waals surface area contributed by atoms with E-state index in [0.29, 0.717) is 10.6 Å². The van der Waals surface area contributed by atoms with Gasteiger partial charge in [-0.05, 0) is 17.4 Å². The van der Waals surface area contributed by atoms with Crippen molar-refractivity contribution in [1.82, 2.24) is 0 Å². The van der Waals surface area contributed by atoms with E-state index >= 15 is 0 Å². The third-order valence-corrected chi connectivity index (χ3v) is 2.87. The fourth-order valence-corrected chi connectivity index (χ4v) is 1.73. The average Bonchev–Trinajstić information content (AvgIpc) is 2.63. The Labute approximate surface area is 92.7 Å². The van der Waals surface area contributed by atoms with Crippen molar-refractivity contribution in [1.29, 1.82) is 5.26 Å². The molecule has 0 aliphatic carbocycles. The number of nitrogens with two attached hydrogens (primary N) is 1. The van der Waals surface area contributed by atoms with E-state index in [-0.39, 0.29) is 11.8 Å². The summed E-state index contributed by atoms with van der Waals surface area (Å²) >= 11 is 1.32. The van der Waals surface area contributed by atoms with Gasteiger partial charge in [-0.3, -0.25) is 4.79 Å². The lowest BCUT2D eigenvalue weighted by atomic mass is 10.1. The van der Waals surface area contributed by atoms with Crippen molar-refractivity contribution in [2.45, 2.75) is 19.9 Å².